The lowest BCUT2D eigenvalue weighted by atomic mass is 9.83. The number of hydrogen-bond acceptors (Lipinski definition) is 4. The lowest BCUT2D eigenvalue weighted by Crippen LogP contribution is -2.23. The van der Waals surface area contributed by atoms with Gasteiger partial charge in [0.2, 0.25) is 0 Å². The number of anilines is 1. The van der Waals surface area contributed by atoms with Gasteiger partial charge in [0, 0.05) is 17.1 Å². The van der Waals surface area contributed by atoms with Crippen molar-refractivity contribution in [2.45, 2.75) is 33.1 Å². The zero-order chi connectivity index (χ0) is 15.2. The van der Waals surface area contributed by atoms with E-state index >= 15 is 0 Å². The van der Waals surface area contributed by atoms with Crippen molar-refractivity contribution in [1.82, 2.24) is 19.6 Å². The molecular weight excluding hydrogens is 262 g/mol. The molecule has 0 saturated carbocycles. The Morgan fingerprint density at radius 2 is 1.71 bits per heavy atom. The van der Waals surface area contributed by atoms with Crippen LogP contribution in [0.5, 0.6) is 0 Å². The van der Waals surface area contributed by atoms with Gasteiger partial charge in [0.15, 0.2) is 0 Å². The quantitative estimate of drug-likeness (QED) is 0.733. The molecule has 108 valence electrons. The molecule has 2 aromatic heterocycles. The van der Waals surface area contributed by atoms with Crippen LogP contribution in [0.25, 0.3) is 5.78 Å². The Morgan fingerprint density at radius 1 is 1.05 bits per heavy atom. The standard InChI is InChI=1S/C16H19N5/c1-10-9-11(2)21-14(19-20-15(21)18-10)16(3,4)12-5-7-13(17)8-6-12/h5-9H,17H2,1-4H3. The summed E-state index contributed by atoms with van der Waals surface area (Å²) in [6, 6.07) is 9.94. The number of nitrogens with zero attached hydrogens (tertiary/aromatic N) is 4. The number of rotatable bonds is 2. The van der Waals surface area contributed by atoms with Crippen molar-refractivity contribution in [2.75, 3.05) is 5.73 Å². The van der Waals surface area contributed by atoms with Crippen molar-refractivity contribution < 1.29 is 0 Å². The Balaban J connectivity index is 2.21. The number of nitrogens with two attached hydrogens (primary N) is 1. The third kappa shape index (κ3) is 2.14. The van der Waals surface area contributed by atoms with Crippen molar-refractivity contribution in [3.8, 4) is 0 Å². The van der Waals surface area contributed by atoms with Gasteiger partial charge in [-0.3, -0.25) is 4.40 Å². The van der Waals surface area contributed by atoms with Crippen LogP contribution in [-0.2, 0) is 5.41 Å². The van der Waals surface area contributed by atoms with Crippen LogP contribution >= 0.6 is 0 Å². The molecule has 2 N–H and O–H groups in total. The molecule has 3 aromatic rings. The van der Waals surface area contributed by atoms with Crippen LogP contribution in [0.3, 0.4) is 0 Å². The summed E-state index contributed by atoms with van der Waals surface area (Å²) >= 11 is 0. The molecule has 0 aliphatic rings. The zero-order valence-corrected chi connectivity index (χ0v) is 12.8. The molecule has 0 amide bonds. The summed E-state index contributed by atoms with van der Waals surface area (Å²) in [6.45, 7) is 8.28. The van der Waals surface area contributed by atoms with E-state index in [9.17, 15) is 0 Å². The highest BCUT2D eigenvalue weighted by atomic mass is 15.3. The van der Waals surface area contributed by atoms with E-state index in [4.69, 9.17) is 5.73 Å². The molecule has 0 aliphatic carbocycles. The van der Waals surface area contributed by atoms with Gasteiger partial charge in [-0.1, -0.05) is 12.1 Å². The second-order valence-corrected chi connectivity index (χ2v) is 5.94. The van der Waals surface area contributed by atoms with Gasteiger partial charge in [0.05, 0.1) is 5.41 Å². The van der Waals surface area contributed by atoms with Crippen LogP contribution in [-0.4, -0.2) is 19.6 Å². The Morgan fingerprint density at radius 3 is 2.38 bits per heavy atom. The van der Waals surface area contributed by atoms with Gasteiger partial charge in [0.1, 0.15) is 5.82 Å². The summed E-state index contributed by atoms with van der Waals surface area (Å²) in [7, 11) is 0. The first kappa shape index (κ1) is 13.5. The van der Waals surface area contributed by atoms with Crippen LogP contribution in [0.2, 0.25) is 0 Å². The smallest absolute Gasteiger partial charge is 0.255 e. The molecule has 0 spiro atoms. The van der Waals surface area contributed by atoms with Gasteiger partial charge in [-0.25, -0.2) is 4.98 Å². The van der Waals surface area contributed by atoms with Crippen LogP contribution in [0.1, 0.15) is 36.6 Å². The zero-order valence-electron chi connectivity index (χ0n) is 12.8. The average molecular weight is 281 g/mol. The summed E-state index contributed by atoms with van der Waals surface area (Å²) in [4.78, 5) is 4.45. The van der Waals surface area contributed by atoms with E-state index in [0.717, 1.165) is 28.5 Å². The molecule has 0 aliphatic heterocycles. The van der Waals surface area contributed by atoms with Crippen molar-refractivity contribution in [1.29, 1.82) is 0 Å². The van der Waals surface area contributed by atoms with Crippen molar-refractivity contribution in [2.24, 2.45) is 0 Å². The molecule has 0 unspecified atom stereocenters. The van der Waals surface area contributed by atoms with Crippen LogP contribution in [0.15, 0.2) is 30.3 Å². The first-order valence-corrected chi connectivity index (χ1v) is 6.95. The Kier molecular flexibility index (Phi) is 2.93. The molecule has 5 nitrogen and oxygen atoms in total. The second-order valence-electron chi connectivity index (χ2n) is 5.94. The minimum atomic E-state index is -0.283. The highest BCUT2D eigenvalue weighted by Crippen LogP contribution is 2.31. The molecule has 0 bridgehead atoms. The lowest BCUT2D eigenvalue weighted by molar-refractivity contribution is 0.579. The predicted octanol–water partition coefficient (Wildman–Crippen LogP) is 2.65. The monoisotopic (exact) mass is 281 g/mol. The maximum Gasteiger partial charge on any atom is 0.255 e. The molecule has 1 aromatic carbocycles. The van der Waals surface area contributed by atoms with Crippen LogP contribution in [0.4, 0.5) is 5.69 Å². The Labute approximate surface area is 123 Å². The molecule has 5 heteroatoms. The number of aromatic nitrogens is 4. The predicted molar refractivity (Wildman–Crippen MR) is 83.2 cm³/mol. The van der Waals surface area contributed by atoms with Crippen LogP contribution in [0, 0.1) is 13.8 Å². The second kappa shape index (κ2) is 4.55. The first-order chi connectivity index (χ1) is 9.89. The highest BCUT2D eigenvalue weighted by molar-refractivity contribution is 5.44. The molecular formula is C16H19N5. The molecule has 21 heavy (non-hydrogen) atoms. The summed E-state index contributed by atoms with van der Waals surface area (Å²) in [5, 5.41) is 8.61. The summed E-state index contributed by atoms with van der Waals surface area (Å²) < 4.78 is 2.02. The maximum atomic E-state index is 5.78. The van der Waals surface area contributed by atoms with Crippen molar-refractivity contribution in [3.05, 3.63) is 53.1 Å². The minimum Gasteiger partial charge on any atom is -0.399 e. The summed E-state index contributed by atoms with van der Waals surface area (Å²) in [5.41, 5.74) is 9.43. The third-order valence-corrected chi connectivity index (χ3v) is 3.88. The molecule has 0 atom stereocenters. The fraction of sp³-hybridized carbons (Fsp3) is 0.312. The Hall–Kier alpha value is -2.43. The molecule has 0 saturated heterocycles. The van der Waals surface area contributed by atoms with Gasteiger partial charge in [-0.05, 0) is 51.5 Å². The van der Waals surface area contributed by atoms with Crippen LogP contribution < -0.4 is 5.73 Å². The first-order valence-electron chi connectivity index (χ1n) is 6.95. The Bertz CT molecular complexity index is 799. The number of hydrogen-bond donors (Lipinski definition) is 1. The van der Waals surface area contributed by atoms with Gasteiger partial charge >= 0.3 is 0 Å². The lowest BCUT2D eigenvalue weighted by Gasteiger charge is -2.24. The summed E-state index contributed by atoms with van der Waals surface area (Å²) in [5.74, 6) is 1.53. The molecule has 0 radical (unpaired) electrons. The van der Waals surface area contributed by atoms with E-state index < -0.39 is 0 Å². The maximum absolute atomic E-state index is 5.78. The molecule has 3 rings (SSSR count). The normalized spacial score (nSPS) is 12.0. The van der Waals surface area contributed by atoms with Gasteiger partial charge in [0.25, 0.3) is 5.78 Å². The van der Waals surface area contributed by atoms with E-state index in [-0.39, 0.29) is 5.41 Å². The highest BCUT2D eigenvalue weighted by Gasteiger charge is 2.29. The molecule has 2 heterocycles. The van der Waals surface area contributed by atoms with Gasteiger partial charge < -0.3 is 5.73 Å². The number of aryl methyl sites for hydroxylation is 2. The topological polar surface area (TPSA) is 69.1 Å². The average Bonchev–Trinajstić information content (AvgIpc) is 2.83. The van der Waals surface area contributed by atoms with E-state index in [1.54, 1.807) is 0 Å². The number of nitrogen functional groups attached to an aromatic ring is 1. The van der Waals surface area contributed by atoms with E-state index in [1.807, 2.05) is 48.6 Å². The van der Waals surface area contributed by atoms with Crippen molar-refractivity contribution >= 4 is 11.5 Å². The SMILES string of the molecule is Cc1cc(C)n2c(C(C)(C)c3ccc(N)cc3)nnc2n1. The fourth-order valence-corrected chi connectivity index (χ4v) is 2.66. The largest absolute Gasteiger partial charge is 0.399 e. The number of fused-ring (bicyclic) bond motifs is 1. The van der Waals surface area contributed by atoms with Gasteiger partial charge in [-0.15, -0.1) is 10.2 Å². The molecule has 0 fully saturated rings. The van der Waals surface area contributed by atoms with Gasteiger partial charge in [-0.2, -0.15) is 0 Å². The van der Waals surface area contributed by atoms with E-state index in [1.165, 1.54) is 0 Å². The fourth-order valence-electron chi connectivity index (χ4n) is 2.66. The number of benzene rings is 1. The third-order valence-electron chi connectivity index (χ3n) is 3.88. The van der Waals surface area contributed by atoms with E-state index in [2.05, 4.69) is 29.0 Å². The van der Waals surface area contributed by atoms with E-state index in [0.29, 0.717) is 5.78 Å². The summed E-state index contributed by atoms with van der Waals surface area (Å²) in [6.07, 6.45) is 0. The van der Waals surface area contributed by atoms with Crippen molar-refractivity contribution in [3.63, 3.8) is 0 Å². The minimum absolute atomic E-state index is 0.283.